The van der Waals surface area contributed by atoms with Crippen molar-refractivity contribution >= 4 is 23.4 Å². The number of rotatable bonds is 7. The summed E-state index contributed by atoms with van der Waals surface area (Å²) in [4.78, 5) is 22.9. The van der Waals surface area contributed by atoms with E-state index in [4.69, 9.17) is 5.10 Å². The van der Waals surface area contributed by atoms with Crippen LogP contribution in [0.15, 0.2) is 53.9 Å². The number of anilines is 1. The molecule has 0 aliphatic carbocycles. The molecule has 1 aromatic carbocycles. The summed E-state index contributed by atoms with van der Waals surface area (Å²) in [7, 11) is 0. The molecule has 8 heteroatoms. The molecule has 2 aromatic heterocycles. The molecule has 0 saturated heterocycles. The second kappa shape index (κ2) is 9.43. The minimum Gasteiger partial charge on any atom is -0.854 e. The summed E-state index contributed by atoms with van der Waals surface area (Å²) in [5, 5.41) is 18.3. The molecule has 0 bridgehead atoms. The van der Waals surface area contributed by atoms with Gasteiger partial charge in [0, 0.05) is 30.2 Å². The number of hydrogen-bond donors (Lipinski definition) is 0. The van der Waals surface area contributed by atoms with Crippen LogP contribution in [0.4, 0.5) is 5.69 Å². The van der Waals surface area contributed by atoms with Gasteiger partial charge in [0.05, 0.1) is 22.7 Å². The van der Waals surface area contributed by atoms with Gasteiger partial charge in [-0.3, -0.25) is 9.78 Å². The summed E-state index contributed by atoms with van der Waals surface area (Å²) in [5.74, 6) is 0.374. The minimum atomic E-state index is -0.605. The number of pyridine rings is 1. The maximum atomic E-state index is 13.1. The van der Waals surface area contributed by atoms with E-state index in [2.05, 4.69) is 16.9 Å². The van der Waals surface area contributed by atoms with Crippen LogP contribution >= 0.6 is 11.8 Å². The highest BCUT2D eigenvalue weighted by molar-refractivity contribution is 7.99. The molecule has 31 heavy (non-hydrogen) atoms. The predicted molar refractivity (Wildman–Crippen MR) is 118 cm³/mol. The van der Waals surface area contributed by atoms with Crippen molar-refractivity contribution in [2.45, 2.75) is 50.9 Å². The van der Waals surface area contributed by atoms with Gasteiger partial charge in [-0.25, -0.2) is 9.88 Å². The summed E-state index contributed by atoms with van der Waals surface area (Å²) < 4.78 is 1.64. The van der Waals surface area contributed by atoms with Crippen molar-refractivity contribution in [3.8, 4) is 17.1 Å². The first-order valence-electron chi connectivity index (χ1n) is 10.5. The normalized spacial score (nSPS) is 14.8. The number of nitrogens with zero attached hydrogens (tertiary/aromatic N) is 5. The molecule has 0 N–H and O–H groups in total. The number of para-hydroxylation sites is 1. The number of thioether (sulfide) groups is 1. The van der Waals surface area contributed by atoms with Gasteiger partial charge in [-0.1, -0.05) is 54.8 Å². The second-order valence-corrected chi connectivity index (χ2v) is 8.53. The topological polar surface area (TPSA) is 85.9 Å². The lowest BCUT2D eigenvalue weighted by Crippen LogP contribution is -2.58. The molecule has 0 fully saturated rings. The third-order valence-corrected chi connectivity index (χ3v) is 6.19. The number of fused-ring (bicyclic) bond motifs is 3. The van der Waals surface area contributed by atoms with Crippen molar-refractivity contribution < 1.29 is 14.6 Å². The third-order valence-electron chi connectivity index (χ3n) is 5.27. The number of aromatic nitrogens is 4. The number of unbranched alkanes of at least 4 members (excludes halogenated alkanes) is 3. The molecule has 0 saturated carbocycles. The molecule has 4 rings (SSSR count). The van der Waals surface area contributed by atoms with Crippen molar-refractivity contribution in [2.24, 2.45) is 0 Å². The summed E-state index contributed by atoms with van der Waals surface area (Å²) >= 11 is 1.48. The van der Waals surface area contributed by atoms with Gasteiger partial charge in [0.1, 0.15) is 0 Å². The molecule has 3 aromatic rings. The first-order chi connectivity index (χ1) is 15.1. The summed E-state index contributed by atoms with van der Waals surface area (Å²) in [6, 6.07) is 11.1. The lowest BCUT2D eigenvalue weighted by molar-refractivity contribution is -0.764. The number of carbonyl (C=O) groups excluding carboxylic acids is 1. The van der Waals surface area contributed by atoms with Crippen LogP contribution in [0.2, 0.25) is 0 Å². The second-order valence-electron chi connectivity index (χ2n) is 7.47. The lowest BCUT2D eigenvalue weighted by atomic mass is 10.0. The zero-order valence-electron chi connectivity index (χ0n) is 17.7. The molecule has 1 aliphatic rings. The summed E-state index contributed by atoms with van der Waals surface area (Å²) in [6.07, 6.45) is 7.35. The Bertz CT molecular complexity index is 1080. The summed E-state index contributed by atoms with van der Waals surface area (Å²) in [6.45, 7) is 3.70. The van der Waals surface area contributed by atoms with E-state index in [9.17, 15) is 9.90 Å². The summed E-state index contributed by atoms with van der Waals surface area (Å²) in [5.41, 5.74) is 2.49. The number of carbonyl (C=O) groups is 1. The average Bonchev–Trinajstić information content (AvgIpc) is 2.78. The molecule has 1 amide bonds. The van der Waals surface area contributed by atoms with Crippen LogP contribution in [0.1, 0.15) is 51.3 Å². The monoisotopic (exact) mass is 435 g/mol. The molecule has 0 radical (unpaired) electrons. The largest absolute Gasteiger partial charge is 0.854 e. The van der Waals surface area contributed by atoms with E-state index >= 15 is 0 Å². The first-order valence-corrected chi connectivity index (χ1v) is 11.5. The van der Waals surface area contributed by atoms with Crippen LogP contribution in [0.3, 0.4) is 0 Å². The van der Waals surface area contributed by atoms with Crippen molar-refractivity contribution in [1.82, 2.24) is 15.1 Å². The van der Waals surface area contributed by atoms with Crippen LogP contribution in [-0.2, 0) is 4.79 Å². The Balaban J connectivity index is 1.82. The fourth-order valence-corrected chi connectivity index (χ4v) is 4.68. The molecule has 7 nitrogen and oxygen atoms in total. The maximum absolute atomic E-state index is 13.1. The number of hydrogen-bond acceptors (Lipinski definition) is 6. The Kier molecular flexibility index (Phi) is 6.46. The molecular formula is C23H25N5O2S. The molecule has 0 spiro atoms. The third kappa shape index (κ3) is 4.25. The highest BCUT2D eigenvalue weighted by Gasteiger charge is 2.43. The van der Waals surface area contributed by atoms with E-state index in [0.717, 1.165) is 24.2 Å². The van der Waals surface area contributed by atoms with E-state index in [1.54, 1.807) is 22.0 Å². The molecular weight excluding hydrogens is 410 g/mol. The molecule has 3 heterocycles. The zero-order valence-corrected chi connectivity index (χ0v) is 18.5. The van der Waals surface area contributed by atoms with E-state index in [-0.39, 0.29) is 11.8 Å². The SMILES string of the molecule is CCCCCCSc1nc([O-])c2[n+](n1)C(c1cccnc1)N(C(C)=O)c1ccccc1-2. The van der Waals surface area contributed by atoms with Crippen molar-refractivity contribution in [3.05, 3.63) is 54.4 Å². The molecule has 1 atom stereocenters. The number of amides is 1. The fourth-order valence-electron chi connectivity index (χ4n) is 3.86. The number of benzene rings is 1. The Morgan fingerprint density at radius 2 is 2.03 bits per heavy atom. The zero-order chi connectivity index (χ0) is 21.8. The lowest BCUT2D eigenvalue weighted by Gasteiger charge is -2.32. The van der Waals surface area contributed by atoms with Crippen LogP contribution in [0, 0.1) is 0 Å². The van der Waals surface area contributed by atoms with Crippen LogP contribution in [0.25, 0.3) is 11.3 Å². The van der Waals surface area contributed by atoms with Crippen LogP contribution in [0.5, 0.6) is 5.88 Å². The molecule has 1 aliphatic heterocycles. The maximum Gasteiger partial charge on any atom is 0.294 e. The van der Waals surface area contributed by atoms with Crippen molar-refractivity contribution in [2.75, 3.05) is 10.7 Å². The van der Waals surface area contributed by atoms with E-state index in [0.29, 0.717) is 22.1 Å². The van der Waals surface area contributed by atoms with Gasteiger partial charge in [0.25, 0.3) is 17.0 Å². The van der Waals surface area contributed by atoms with E-state index in [1.165, 1.54) is 31.5 Å². The van der Waals surface area contributed by atoms with Gasteiger partial charge in [0.15, 0.2) is 0 Å². The van der Waals surface area contributed by atoms with Gasteiger partial charge in [0.2, 0.25) is 5.91 Å². The average molecular weight is 436 g/mol. The van der Waals surface area contributed by atoms with Gasteiger partial charge in [-0.2, -0.15) is 0 Å². The Morgan fingerprint density at radius 3 is 2.77 bits per heavy atom. The van der Waals surface area contributed by atoms with Gasteiger partial charge >= 0.3 is 0 Å². The highest BCUT2D eigenvalue weighted by Crippen LogP contribution is 2.40. The van der Waals surface area contributed by atoms with Gasteiger partial charge in [-0.05, 0) is 30.7 Å². The minimum absolute atomic E-state index is 0.140. The smallest absolute Gasteiger partial charge is 0.294 e. The fraction of sp³-hybridized carbons (Fsp3) is 0.348. The molecule has 160 valence electrons. The van der Waals surface area contributed by atoms with E-state index < -0.39 is 6.17 Å². The van der Waals surface area contributed by atoms with Gasteiger partial charge < -0.3 is 5.11 Å². The Labute approximate surface area is 186 Å². The van der Waals surface area contributed by atoms with E-state index in [1.807, 2.05) is 36.4 Å². The van der Waals surface area contributed by atoms with Gasteiger partial charge in [-0.15, -0.1) is 0 Å². The van der Waals surface area contributed by atoms with Crippen molar-refractivity contribution in [1.29, 1.82) is 0 Å². The Morgan fingerprint density at radius 1 is 1.19 bits per heavy atom. The standard InChI is InChI=1S/C23H25N5O2S/c1-3-4-5-8-14-31-23-25-21(30)20-18-11-6-7-12-19(18)27(16(2)29)22(28(20)26-23)17-10-9-13-24-15-17/h6-7,9-13,15,22H,3-5,8,14H2,1-2H3. The van der Waals surface area contributed by atoms with Crippen LogP contribution in [-0.4, -0.2) is 26.7 Å². The highest BCUT2D eigenvalue weighted by atomic mass is 32.2. The predicted octanol–water partition coefficient (Wildman–Crippen LogP) is 3.49. The quantitative estimate of drug-likeness (QED) is 0.321. The van der Waals surface area contributed by atoms with Crippen LogP contribution < -0.4 is 14.7 Å². The first kappa shape index (κ1) is 21.2. The van der Waals surface area contributed by atoms with Crippen molar-refractivity contribution in [3.63, 3.8) is 0 Å². The Hall–Kier alpha value is -3.00. The molecule has 1 unspecified atom stereocenters.